The molecule has 0 radical (unpaired) electrons. The van der Waals surface area contributed by atoms with E-state index in [-0.39, 0.29) is 22.8 Å². The summed E-state index contributed by atoms with van der Waals surface area (Å²) in [5.41, 5.74) is 4.92. The number of hydrogen-bond donors (Lipinski definition) is 1. The SMILES string of the molecule is CC(C)(C)OC(=O)N1CC(Oc2ccc(C(N)=O)c(Cl)c2)C1. The third-order valence-electron chi connectivity index (χ3n) is 3.01. The lowest BCUT2D eigenvalue weighted by Gasteiger charge is -2.39. The van der Waals surface area contributed by atoms with E-state index in [1.807, 2.05) is 20.8 Å². The molecule has 1 aromatic carbocycles. The maximum atomic E-state index is 11.8. The van der Waals surface area contributed by atoms with Crippen molar-refractivity contribution in [3.63, 3.8) is 0 Å². The zero-order valence-corrected chi connectivity index (χ0v) is 13.5. The first kappa shape index (κ1) is 16.4. The molecule has 0 atom stereocenters. The van der Waals surface area contributed by atoms with Gasteiger partial charge in [0.2, 0.25) is 5.91 Å². The molecule has 7 heteroatoms. The summed E-state index contributed by atoms with van der Waals surface area (Å²) in [6.45, 7) is 6.36. The Morgan fingerprint density at radius 1 is 1.32 bits per heavy atom. The number of carbonyl (C=O) groups is 2. The number of halogens is 1. The van der Waals surface area contributed by atoms with Crippen LogP contribution in [0.2, 0.25) is 5.02 Å². The number of benzene rings is 1. The number of rotatable bonds is 3. The third-order valence-corrected chi connectivity index (χ3v) is 3.32. The summed E-state index contributed by atoms with van der Waals surface area (Å²) in [4.78, 5) is 24.4. The summed E-state index contributed by atoms with van der Waals surface area (Å²) >= 11 is 5.96. The summed E-state index contributed by atoms with van der Waals surface area (Å²) < 4.78 is 11.0. The van der Waals surface area contributed by atoms with Crippen LogP contribution in [-0.4, -0.2) is 41.7 Å². The fourth-order valence-corrected chi connectivity index (χ4v) is 2.21. The lowest BCUT2D eigenvalue weighted by Crippen LogP contribution is -2.57. The van der Waals surface area contributed by atoms with Crippen molar-refractivity contribution >= 4 is 23.6 Å². The molecule has 1 saturated heterocycles. The Morgan fingerprint density at radius 3 is 2.45 bits per heavy atom. The zero-order chi connectivity index (χ0) is 16.5. The molecule has 1 aliphatic heterocycles. The number of hydrogen-bond acceptors (Lipinski definition) is 4. The minimum atomic E-state index is -0.587. The van der Waals surface area contributed by atoms with Gasteiger partial charge in [-0.25, -0.2) is 4.79 Å². The van der Waals surface area contributed by atoms with E-state index in [0.29, 0.717) is 18.8 Å². The van der Waals surface area contributed by atoms with E-state index in [4.69, 9.17) is 26.8 Å². The third kappa shape index (κ3) is 4.04. The minimum absolute atomic E-state index is 0.122. The van der Waals surface area contributed by atoms with E-state index < -0.39 is 11.5 Å². The van der Waals surface area contributed by atoms with Crippen LogP contribution in [0.15, 0.2) is 18.2 Å². The van der Waals surface area contributed by atoms with Crippen LogP contribution in [0.1, 0.15) is 31.1 Å². The van der Waals surface area contributed by atoms with E-state index >= 15 is 0 Å². The Morgan fingerprint density at radius 2 is 1.95 bits per heavy atom. The van der Waals surface area contributed by atoms with Crippen LogP contribution in [0.25, 0.3) is 0 Å². The van der Waals surface area contributed by atoms with Crippen molar-refractivity contribution in [1.82, 2.24) is 4.90 Å². The molecule has 1 fully saturated rings. The number of amides is 2. The van der Waals surface area contributed by atoms with Crippen molar-refractivity contribution in [2.24, 2.45) is 5.73 Å². The molecule has 6 nitrogen and oxygen atoms in total. The van der Waals surface area contributed by atoms with Crippen LogP contribution in [0, 0.1) is 0 Å². The Balaban J connectivity index is 1.87. The van der Waals surface area contributed by atoms with Crippen molar-refractivity contribution in [3.8, 4) is 5.75 Å². The molecule has 0 aliphatic carbocycles. The van der Waals surface area contributed by atoms with Crippen LogP contribution in [0.3, 0.4) is 0 Å². The average molecular weight is 327 g/mol. The molecule has 0 bridgehead atoms. The molecule has 0 aromatic heterocycles. The van der Waals surface area contributed by atoms with E-state index in [9.17, 15) is 9.59 Å². The summed E-state index contributed by atoms with van der Waals surface area (Å²) in [5, 5.41) is 0.244. The minimum Gasteiger partial charge on any atom is -0.487 e. The Bertz CT molecular complexity index is 592. The molecule has 1 aromatic rings. The maximum absolute atomic E-state index is 11.8. The molecule has 22 heavy (non-hydrogen) atoms. The Hall–Kier alpha value is -1.95. The molecule has 0 unspecified atom stereocenters. The monoisotopic (exact) mass is 326 g/mol. The van der Waals surface area contributed by atoms with Crippen molar-refractivity contribution < 1.29 is 19.1 Å². The molecule has 2 amide bonds. The summed E-state index contributed by atoms with van der Waals surface area (Å²) in [6.07, 6.45) is -0.475. The predicted molar refractivity (Wildman–Crippen MR) is 82.2 cm³/mol. The highest BCUT2D eigenvalue weighted by Gasteiger charge is 2.35. The first-order chi connectivity index (χ1) is 10.2. The van der Waals surface area contributed by atoms with Crippen molar-refractivity contribution in [3.05, 3.63) is 28.8 Å². The normalized spacial score (nSPS) is 15.2. The van der Waals surface area contributed by atoms with Crippen molar-refractivity contribution in [1.29, 1.82) is 0 Å². The number of nitrogens with zero attached hydrogens (tertiary/aromatic N) is 1. The van der Waals surface area contributed by atoms with Crippen molar-refractivity contribution in [2.45, 2.75) is 32.5 Å². The van der Waals surface area contributed by atoms with Gasteiger partial charge < -0.3 is 20.1 Å². The highest BCUT2D eigenvalue weighted by Crippen LogP contribution is 2.25. The average Bonchev–Trinajstić information content (AvgIpc) is 2.30. The predicted octanol–water partition coefficient (Wildman–Crippen LogP) is 2.44. The van der Waals surface area contributed by atoms with Crippen LogP contribution < -0.4 is 10.5 Å². The number of nitrogens with two attached hydrogens (primary N) is 1. The van der Waals surface area contributed by atoms with Gasteiger partial charge in [0.1, 0.15) is 17.5 Å². The van der Waals surface area contributed by atoms with E-state index in [1.165, 1.54) is 12.1 Å². The fourth-order valence-electron chi connectivity index (χ4n) is 1.95. The molecule has 0 spiro atoms. The topological polar surface area (TPSA) is 81.9 Å². The van der Waals surface area contributed by atoms with Gasteiger partial charge in [-0.3, -0.25) is 4.79 Å². The van der Waals surface area contributed by atoms with Crippen LogP contribution in [0.5, 0.6) is 5.75 Å². The molecular formula is C15H19ClN2O4. The number of primary amides is 1. The molecule has 1 heterocycles. The van der Waals surface area contributed by atoms with Gasteiger partial charge in [0.05, 0.1) is 23.7 Å². The Kier molecular flexibility index (Phi) is 4.51. The highest BCUT2D eigenvalue weighted by molar-refractivity contribution is 6.33. The Labute approximate surface area is 134 Å². The number of carbonyl (C=O) groups excluding carboxylic acids is 2. The van der Waals surface area contributed by atoms with Gasteiger partial charge in [0.15, 0.2) is 0 Å². The lowest BCUT2D eigenvalue weighted by atomic mass is 10.1. The van der Waals surface area contributed by atoms with Crippen LogP contribution >= 0.6 is 11.6 Å². The van der Waals surface area contributed by atoms with Gasteiger partial charge in [0, 0.05) is 0 Å². The smallest absolute Gasteiger partial charge is 0.410 e. The molecule has 1 aliphatic rings. The second-order valence-corrected chi connectivity index (χ2v) is 6.54. The van der Waals surface area contributed by atoms with Gasteiger partial charge >= 0.3 is 6.09 Å². The molecule has 120 valence electrons. The van der Waals surface area contributed by atoms with Gasteiger partial charge in [-0.05, 0) is 39.0 Å². The zero-order valence-electron chi connectivity index (χ0n) is 12.8. The first-order valence-electron chi connectivity index (χ1n) is 6.89. The lowest BCUT2D eigenvalue weighted by molar-refractivity contribution is -0.0221. The maximum Gasteiger partial charge on any atom is 0.410 e. The van der Waals surface area contributed by atoms with E-state index in [0.717, 1.165) is 0 Å². The van der Waals surface area contributed by atoms with E-state index in [1.54, 1.807) is 11.0 Å². The number of ether oxygens (including phenoxy) is 2. The molecular weight excluding hydrogens is 308 g/mol. The van der Waals surface area contributed by atoms with Crippen LogP contribution in [-0.2, 0) is 4.74 Å². The quantitative estimate of drug-likeness (QED) is 0.925. The van der Waals surface area contributed by atoms with E-state index in [2.05, 4.69) is 0 Å². The second-order valence-electron chi connectivity index (χ2n) is 6.13. The summed E-state index contributed by atoms with van der Waals surface area (Å²) in [6, 6.07) is 4.68. The van der Waals surface area contributed by atoms with Gasteiger partial charge in [-0.2, -0.15) is 0 Å². The summed E-state index contributed by atoms with van der Waals surface area (Å²) in [5.74, 6) is -0.0554. The second kappa shape index (κ2) is 6.04. The largest absolute Gasteiger partial charge is 0.487 e. The first-order valence-corrected chi connectivity index (χ1v) is 7.27. The van der Waals surface area contributed by atoms with Gasteiger partial charge in [-0.1, -0.05) is 11.6 Å². The van der Waals surface area contributed by atoms with Gasteiger partial charge in [-0.15, -0.1) is 0 Å². The van der Waals surface area contributed by atoms with Crippen LogP contribution in [0.4, 0.5) is 4.79 Å². The molecule has 2 N–H and O–H groups in total. The molecule has 0 saturated carbocycles. The van der Waals surface area contributed by atoms with Gasteiger partial charge in [0.25, 0.3) is 0 Å². The number of likely N-dealkylation sites (tertiary alicyclic amines) is 1. The summed E-state index contributed by atoms with van der Waals surface area (Å²) in [7, 11) is 0. The molecule has 2 rings (SSSR count). The highest BCUT2D eigenvalue weighted by atomic mass is 35.5. The fraction of sp³-hybridized carbons (Fsp3) is 0.467. The standard InChI is InChI=1S/C15H19ClN2O4/c1-15(2,3)22-14(20)18-7-10(8-18)21-9-4-5-11(13(17)19)12(16)6-9/h4-6,10H,7-8H2,1-3H3,(H2,17,19). The van der Waals surface area contributed by atoms with Crippen molar-refractivity contribution in [2.75, 3.05) is 13.1 Å².